The van der Waals surface area contributed by atoms with E-state index in [2.05, 4.69) is 26.9 Å². The topological polar surface area (TPSA) is 46.3 Å². The Morgan fingerprint density at radius 2 is 1.97 bits per heavy atom. The maximum absolute atomic E-state index is 13.9. The first-order chi connectivity index (χ1) is 14.9. The van der Waals surface area contributed by atoms with Crippen molar-refractivity contribution in [2.24, 2.45) is 0 Å². The van der Waals surface area contributed by atoms with E-state index >= 15 is 0 Å². The van der Waals surface area contributed by atoms with E-state index < -0.39 is 11.9 Å². The molecule has 0 aliphatic carbocycles. The van der Waals surface area contributed by atoms with Crippen molar-refractivity contribution < 1.29 is 13.2 Å². The van der Waals surface area contributed by atoms with Crippen LogP contribution in [0.15, 0.2) is 54.2 Å². The van der Waals surface area contributed by atoms with E-state index in [4.69, 9.17) is 0 Å². The molecule has 160 valence electrons. The van der Waals surface area contributed by atoms with Crippen LogP contribution in [0.3, 0.4) is 0 Å². The molecule has 0 aromatic carbocycles. The van der Waals surface area contributed by atoms with Gasteiger partial charge in [0.2, 0.25) is 0 Å². The summed E-state index contributed by atoms with van der Waals surface area (Å²) in [6, 6.07) is 10.4. The molecular formula is C22H20F3N5S. The van der Waals surface area contributed by atoms with E-state index in [9.17, 15) is 13.2 Å². The third-order valence-electron chi connectivity index (χ3n) is 5.83. The third kappa shape index (κ3) is 3.72. The summed E-state index contributed by atoms with van der Waals surface area (Å²) < 4.78 is 42.5. The molecule has 4 aromatic rings. The first-order valence-corrected chi connectivity index (χ1v) is 11.0. The van der Waals surface area contributed by atoms with Crippen molar-refractivity contribution in [3.8, 4) is 10.6 Å². The number of fused-ring (bicyclic) bond motifs is 1. The van der Waals surface area contributed by atoms with Crippen molar-refractivity contribution in [1.82, 2.24) is 24.5 Å². The number of halogens is 3. The smallest absolute Gasteiger partial charge is 0.288 e. The Morgan fingerprint density at radius 1 is 1.16 bits per heavy atom. The maximum Gasteiger partial charge on any atom is 0.433 e. The molecule has 4 aromatic heterocycles. The first kappa shape index (κ1) is 20.1. The minimum absolute atomic E-state index is 0.0591. The Morgan fingerprint density at radius 3 is 2.68 bits per heavy atom. The summed E-state index contributed by atoms with van der Waals surface area (Å²) in [6.07, 6.45) is 0.795. The van der Waals surface area contributed by atoms with Gasteiger partial charge in [0.25, 0.3) is 0 Å². The van der Waals surface area contributed by atoms with Crippen LogP contribution in [-0.4, -0.2) is 31.0 Å². The lowest BCUT2D eigenvalue weighted by Crippen LogP contribution is -2.27. The Hall–Kier alpha value is -2.78. The van der Waals surface area contributed by atoms with Crippen LogP contribution in [0, 0.1) is 0 Å². The standard InChI is InChI=1S/C22H20F3N5S/c1-14(15-6-8-26-9-7-15)29-10-2-4-18(29)16-13-21-27-17(19-5-3-11-31-19)12-20(22(23,24)25)30(21)28-16/h3,5-9,11-14,18H,2,4,10H2,1H3. The second-order valence-electron chi connectivity index (χ2n) is 7.69. The number of likely N-dealkylation sites (tertiary alicyclic amines) is 1. The van der Waals surface area contributed by atoms with E-state index in [0.29, 0.717) is 16.3 Å². The predicted octanol–water partition coefficient (Wildman–Crippen LogP) is 5.77. The van der Waals surface area contributed by atoms with Crippen LogP contribution in [0.4, 0.5) is 13.2 Å². The molecule has 5 rings (SSSR count). The van der Waals surface area contributed by atoms with E-state index in [1.165, 1.54) is 11.3 Å². The number of aromatic nitrogens is 4. The van der Waals surface area contributed by atoms with E-state index in [0.717, 1.165) is 35.5 Å². The molecule has 0 saturated carbocycles. The van der Waals surface area contributed by atoms with Gasteiger partial charge in [0.1, 0.15) is 0 Å². The quantitative estimate of drug-likeness (QED) is 0.402. The molecule has 2 atom stereocenters. The highest BCUT2D eigenvalue weighted by molar-refractivity contribution is 7.13. The summed E-state index contributed by atoms with van der Waals surface area (Å²) in [5.41, 5.74) is 1.48. The van der Waals surface area contributed by atoms with Crippen LogP contribution in [0.1, 0.15) is 48.8 Å². The highest BCUT2D eigenvalue weighted by Crippen LogP contribution is 2.39. The van der Waals surface area contributed by atoms with Gasteiger partial charge in [0, 0.05) is 24.5 Å². The molecule has 1 saturated heterocycles. The van der Waals surface area contributed by atoms with Crippen LogP contribution < -0.4 is 0 Å². The second kappa shape index (κ2) is 7.72. The SMILES string of the molecule is CC(c1ccncc1)N1CCCC1c1cc2nc(-c3cccs3)cc(C(F)(F)F)n2n1. The summed E-state index contributed by atoms with van der Waals surface area (Å²) in [7, 11) is 0. The monoisotopic (exact) mass is 443 g/mol. The van der Waals surface area contributed by atoms with E-state index in [1.807, 2.05) is 17.5 Å². The number of hydrogen-bond acceptors (Lipinski definition) is 5. The number of pyridine rings is 1. The zero-order chi connectivity index (χ0) is 21.6. The van der Waals surface area contributed by atoms with Gasteiger partial charge in [-0.2, -0.15) is 18.3 Å². The fourth-order valence-corrected chi connectivity index (χ4v) is 5.00. The molecule has 9 heteroatoms. The molecule has 0 bridgehead atoms. The van der Waals surface area contributed by atoms with Crippen LogP contribution in [0.5, 0.6) is 0 Å². The lowest BCUT2D eigenvalue weighted by atomic mass is 10.1. The minimum atomic E-state index is -4.53. The van der Waals surface area contributed by atoms with Crippen LogP contribution in [0.25, 0.3) is 16.2 Å². The Labute approximate surface area is 181 Å². The summed E-state index contributed by atoms with van der Waals surface area (Å²) in [5.74, 6) is 0. The molecule has 1 aliphatic heterocycles. The largest absolute Gasteiger partial charge is 0.433 e. The van der Waals surface area contributed by atoms with Gasteiger partial charge < -0.3 is 0 Å². The molecule has 1 fully saturated rings. The van der Waals surface area contributed by atoms with Crippen molar-refractivity contribution in [2.75, 3.05) is 6.54 Å². The van der Waals surface area contributed by atoms with Gasteiger partial charge in [-0.3, -0.25) is 9.88 Å². The lowest BCUT2D eigenvalue weighted by molar-refractivity contribution is -0.142. The van der Waals surface area contributed by atoms with Crippen molar-refractivity contribution in [3.63, 3.8) is 0 Å². The fourth-order valence-electron chi connectivity index (χ4n) is 4.31. The summed E-state index contributed by atoms with van der Waals surface area (Å²) >= 11 is 1.37. The molecule has 5 nitrogen and oxygen atoms in total. The second-order valence-corrected chi connectivity index (χ2v) is 8.64. The molecule has 2 unspecified atom stereocenters. The fraction of sp³-hybridized carbons (Fsp3) is 0.318. The molecular weight excluding hydrogens is 423 g/mol. The van der Waals surface area contributed by atoms with E-state index in [1.54, 1.807) is 30.6 Å². The number of alkyl halides is 3. The molecule has 31 heavy (non-hydrogen) atoms. The average Bonchev–Trinajstić information content (AvgIpc) is 3.52. The van der Waals surface area contributed by atoms with Crippen molar-refractivity contribution in [1.29, 1.82) is 0 Å². The molecule has 0 amide bonds. The number of nitrogens with zero attached hydrogens (tertiary/aromatic N) is 5. The van der Waals surface area contributed by atoms with Gasteiger partial charge in [0.05, 0.1) is 22.3 Å². The number of rotatable bonds is 4. The van der Waals surface area contributed by atoms with Gasteiger partial charge in [-0.25, -0.2) is 9.50 Å². The predicted molar refractivity (Wildman–Crippen MR) is 113 cm³/mol. The highest BCUT2D eigenvalue weighted by atomic mass is 32.1. The average molecular weight is 443 g/mol. The maximum atomic E-state index is 13.9. The zero-order valence-electron chi connectivity index (χ0n) is 16.8. The number of thiophene rings is 1. The molecule has 0 N–H and O–H groups in total. The van der Waals surface area contributed by atoms with Crippen molar-refractivity contribution in [2.45, 2.75) is 38.0 Å². The van der Waals surface area contributed by atoms with Crippen LogP contribution >= 0.6 is 11.3 Å². The van der Waals surface area contributed by atoms with Gasteiger partial charge in [-0.15, -0.1) is 11.3 Å². The van der Waals surface area contributed by atoms with Crippen molar-refractivity contribution in [3.05, 3.63) is 71.1 Å². The molecule has 0 spiro atoms. The van der Waals surface area contributed by atoms with Gasteiger partial charge in [-0.1, -0.05) is 6.07 Å². The van der Waals surface area contributed by atoms with Gasteiger partial charge in [-0.05, 0) is 61.5 Å². The zero-order valence-corrected chi connectivity index (χ0v) is 17.6. The highest BCUT2D eigenvalue weighted by Gasteiger charge is 2.37. The number of hydrogen-bond donors (Lipinski definition) is 0. The normalized spacial score (nSPS) is 18.6. The summed E-state index contributed by atoms with van der Waals surface area (Å²) in [6.45, 7) is 2.97. The Balaban J connectivity index is 1.57. The molecule has 1 aliphatic rings. The first-order valence-electron chi connectivity index (χ1n) is 10.1. The van der Waals surface area contributed by atoms with Crippen LogP contribution in [0.2, 0.25) is 0 Å². The Bertz CT molecular complexity index is 1190. The lowest BCUT2D eigenvalue weighted by Gasteiger charge is -2.30. The molecule has 5 heterocycles. The van der Waals surface area contributed by atoms with Crippen molar-refractivity contribution >= 4 is 17.0 Å². The third-order valence-corrected chi connectivity index (χ3v) is 6.72. The van der Waals surface area contributed by atoms with Crippen LogP contribution in [-0.2, 0) is 6.18 Å². The summed E-state index contributed by atoms with van der Waals surface area (Å²) in [5, 5.41) is 6.22. The Kier molecular flexibility index (Phi) is 5.02. The van der Waals surface area contributed by atoms with E-state index in [-0.39, 0.29) is 17.7 Å². The minimum Gasteiger partial charge on any atom is -0.288 e. The van der Waals surface area contributed by atoms with Gasteiger partial charge in [0.15, 0.2) is 11.3 Å². The van der Waals surface area contributed by atoms with Gasteiger partial charge >= 0.3 is 6.18 Å². The molecule has 0 radical (unpaired) electrons. The summed E-state index contributed by atoms with van der Waals surface area (Å²) in [4.78, 5) is 11.6.